The Balaban J connectivity index is 0.00000341. The number of nitrogens with zero attached hydrogens (tertiary/aromatic N) is 3. The molecule has 1 aliphatic rings. The van der Waals surface area contributed by atoms with Crippen molar-refractivity contribution >= 4 is 47.2 Å². The van der Waals surface area contributed by atoms with Gasteiger partial charge in [-0.3, -0.25) is 4.79 Å². The number of methoxy groups -OCH3 is 2. The molecule has 31 heavy (non-hydrogen) atoms. The molecule has 0 saturated carbocycles. The van der Waals surface area contributed by atoms with Gasteiger partial charge in [0, 0.05) is 49.7 Å². The van der Waals surface area contributed by atoms with Gasteiger partial charge in [0.1, 0.15) is 18.0 Å². The van der Waals surface area contributed by atoms with Gasteiger partial charge in [-0.25, -0.2) is 4.99 Å². The van der Waals surface area contributed by atoms with Crippen LogP contribution in [0.25, 0.3) is 0 Å². The average Bonchev–Trinajstić information content (AvgIpc) is 3.24. The predicted molar refractivity (Wildman–Crippen MR) is 136 cm³/mol. The SMILES string of the molecule is CCNC(=NCC(=O)N1CCc2sccc2C1)N(C)Cc1ccc(OC)cc1OC.I. The first-order valence-corrected chi connectivity index (χ1v) is 11.0. The second kappa shape index (κ2) is 12.1. The molecular weight excluding hydrogens is 527 g/mol. The van der Waals surface area contributed by atoms with Gasteiger partial charge >= 0.3 is 0 Å². The van der Waals surface area contributed by atoms with Crippen LogP contribution < -0.4 is 14.8 Å². The Morgan fingerprint density at radius 1 is 1.29 bits per heavy atom. The summed E-state index contributed by atoms with van der Waals surface area (Å²) in [4.78, 5) is 22.6. The first kappa shape index (κ1) is 25.3. The Labute approximate surface area is 205 Å². The summed E-state index contributed by atoms with van der Waals surface area (Å²) < 4.78 is 10.8. The minimum atomic E-state index is 0. The molecule has 9 heteroatoms. The number of carbonyl (C=O) groups excluding carboxylic acids is 1. The number of benzene rings is 1. The zero-order valence-electron chi connectivity index (χ0n) is 18.5. The topological polar surface area (TPSA) is 66.4 Å². The maximum absolute atomic E-state index is 12.7. The zero-order valence-corrected chi connectivity index (χ0v) is 21.7. The first-order chi connectivity index (χ1) is 14.5. The fourth-order valence-electron chi connectivity index (χ4n) is 3.49. The molecule has 0 radical (unpaired) electrons. The molecule has 1 amide bonds. The number of halogens is 1. The number of rotatable bonds is 7. The Morgan fingerprint density at radius 2 is 2.10 bits per heavy atom. The highest BCUT2D eigenvalue weighted by molar-refractivity contribution is 14.0. The van der Waals surface area contributed by atoms with E-state index in [-0.39, 0.29) is 36.4 Å². The molecule has 2 heterocycles. The highest BCUT2D eigenvalue weighted by Crippen LogP contribution is 2.26. The molecule has 0 unspecified atom stereocenters. The van der Waals surface area contributed by atoms with Gasteiger partial charge in [0.05, 0.1) is 14.2 Å². The van der Waals surface area contributed by atoms with Crippen molar-refractivity contribution in [3.8, 4) is 11.5 Å². The van der Waals surface area contributed by atoms with Crippen molar-refractivity contribution in [2.75, 3.05) is 40.9 Å². The third-order valence-electron chi connectivity index (χ3n) is 5.12. The van der Waals surface area contributed by atoms with Gasteiger partial charge in [0.25, 0.3) is 0 Å². The van der Waals surface area contributed by atoms with Crippen LogP contribution in [-0.2, 0) is 24.3 Å². The zero-order chi connectivity index (χ0) is 21.5. The van der Waals surface area contributed by atoms with Crippen LogP contribution in [0.15, 0.2) is 34.6 Å². The number of amides is 1. The summed E-state index contributed by atoms with van der Waals surface area (Å²) in [7, 11) is 5.23. The number of fused-ring (bicyclic) bond motifs is 1. The van der Waals surface area contributed by atoms with Crippen LogP contribution in [0, 0.1) is 0 Å². The van der Waals surface area contributed by atoms with E-state index in [4.69, 9.17) is 9.47 Å². The molecule has 170 valence electrons. The van der Waals surface area contributed by atoms with Gasteiger partial charge in [-0.15, -0.1) is 35.3 Å². The Morgan fingerprint density at radius 3 is 2.81 bits per heavy atom. The maximum atomic E-state index is 12.7. The molecule has 0 aliphatic carbocycles. The largest absolute Gasteiger partial charge is 0.497 e. The lowest BCUT2D eigenvalue weighted by Crippen LogP contribution is -2.41. The van der Waals surface area contributed by atoms with Crippen LogP contribution in [0.2, 0.25) is 0 Å². The van der Waals surface area contributed by atoms with Crippen molar-refractivity contribution in [2.24, 2.45) is 4.99 Å². The standard InChI is InChI=1S/C22H30N4O3S.HI/c1-5-23-22(25(2)14-16-6-7-18(28-3)12-19(16)29-4)24-13-21(27)26-10-8-20-17(15-26)9-11-30-20;/h6-7,9,11-12H,5,8,10,13-15H2,1-4H3,(H,23,24);1H. The lowest BCUT2D eigenvalue weighted by molar-refractivity contribution is -0.130. The fourth-order valence-corrected chi connectivity index (χ4v) is 4.38. The molecule has 0 fully saturated rings. The summed E-state index contributed by atoms with van der Waals surface area (Å²) in [6.45, 7) is 4.90. The molecular formula is C22H31IN4O3S. The van der Waals surface area contributed by atoms with Crippen molar-refractivity contribution in [1.29, 1.82) is 0 Å². The van der Waals surface area contributed by atoms with E-state index in [0.717, 1.165) is 36.6 Å². The van der Waals surface area contributed by atoms with E-state index in [0.29, 0.717) is 19.0 Å². The summed E-state index contributed by atoms with van der Waals surface area (Å²) in [6.07, 6.45) is 0.930. The summed E-state index contributed by atoms with van der Waals surface area (Å²) >= 11 is 1.77. The van der Waals surface area contributed by atoms with Crippen molar-refractivity contribution < 1.29 is 14.3 Å². The molecule has 0 atom stereocenters. The number of hydrogen-bond acceptors (Lipinski definition) is 5. The molecule has 1 N–H and O–H groups in total. The van der Waals surface area contributed by atoms with Crippen LogP contribution in [0.3, 0.4) is 0 Å². The van der Waals surface area contributed by atoms with E-state index in [1.54, 1.807) is 25.6 Å². The number of ether oxygens (including phenoxy) is 2. The number of thiophene rings is 1. The average molecular weight is 558 g/mol. The van der Waals surface area contributed by atoms with Gasteiger partial charge in [-0.05, 0) is 42.5 Å². The molecule has 7 nitrogen and oxygen atoms in total. The summed E-state index contributed by atoms with van der Waals surface area (Å²) in [5, 5.41) is 5.37. The van der Waals surface area contributed by atoms with E-state index >= 15 is 0 Å². The Hall–Kier alpha value is -2.01. The minimum Gasteiger partial charge on any atom is -0.497 e. The van der Waals surface area contributed by atoms with Crippen molar-refractivity contribution in [3.05, 3.63) is 45.6 Å². The predicted octanol–water partition coefficient (Wildman–Crippen LogP) is 3.37. The lowest BCUT2D eigenvalue weighted by atomic mass is 10.1. The highest BCUT2D eigenvalue weighted by Gasteiger charge is 2.21. The van der Waals surface area contributed by atoms with E-state index in [2.05, 4.69) is 21.8 Å². The van der Waals surface area contributed by atoms with Gasteiger partial charge in [0.2, 0.25) is 5.91 Å². The van der Waals surface area contributed by atoms with E-state index in [1.807, 2.05) is 42.0 Å². The van der Waals surface area contributed by atoms with Gasteiger partial charge in [-0.1, -0.05) is 0 Å². The van der Waals surface area contributed by atoms with E-state index in [9.17, 15) is 4.79 Å². The second-order valence-corrected chi connectivity index (χ2v) is 8.14. The van der Waals surface area contributed by atoms with E-state index < -0.39 is 0 Å². The molecule has 0 saturated heterocycles. The van der Waals surface area contributed by atoms with Gasteiger partial charge in [-0.2, -0.15) is 0 Å². The van der Waals surface area contributed by atoms with E-state index in [1.165, 1.54) is 10.4 Å². The quantitative estimate of drug-likeness (QED) is 0.321. The molecule has 0 bridgehead atoms. The molecule has 2 aromatic rings. The van der Waals surface area contributed by atoms with Crippen LogP contribution in [0.1, 0.15) is 22.9 Å². The normalized spacial score (nSPS) is 13.2. The monoisotopic (exact) mass is 558 g/mol. The van der Waals surface area contributed by atoms with Crippen LogP contribution in [0.4, 0.5) is 0 Å². The third kappa shape index (κ3) is 6.49. The lowest BCUT2D eigenvalue weighted by Gasteiger charge is -2.27. The number of nitrogens with one attached hydrogen (secondary N) is 1. The van der Waals surface area contributed by atoms with Gasteiger partial charge < -0.3 is 24.6 Å². The van der Waals surface area contributed by atoms with Gasteiger partial charge in [0.15, 0.2) is 5.96 Å². The van der Waals surface area contributed by atoms with Crippen molar-refractivity contribution in [2.45, 2.75) is 26.4 Å². The molecule has 1 aromatic carbocycles. The summed E-state index contributed by atoms with van der Waals surface area (Å²) in [6, 6.07) is 7.87. The second-order valence-electron chi connectivity index (χ2n) is 7.14. The summed E-state index contributed by atoms with van der Waals surface area (Å²) in [5.41, 5.74) is 2.28. The van der Waals surface area contributed by atoms with Crippen LogP contribution >= 0.6 is 35.3 Å². The molecule has 0 spiro atoms. The number of aliphatic imine (C=N–C) groups is 1. The number of hydrogen-bond donors (Lipinski definition) is 1. The van der Waals surface area contributed by atoms with Crippen molar-refractivity contribution in [3.63, 3.8) is 0 Å². The van der Waals surface area contributed by atoms with Crippen LogP contribution in [0.5, 0.6) is 11.5 Å². The Kier molecular flexibility index (Phi) is 9.89. The summed E-state index contributed by atoms with van der Waals surface area (Å²) in [5.74, 6) is 2.25. The maximum Gasteiger partial charge on any atom is 0.244 e. The highest BCUT2D eigenvalue weighted by atomic mass is 127. The fraction of sp³-hybridized carbons (Fsp3) is 0.455. The van der Waals surface area contributed by atoms with Crippen molar-refractivity contribution in [1.82, 2.24) is 15.1 Å². The molecule has 1 aromatic heterocycles. The number of carbonyl (C=O) groups is 1. The Bertz CT molecular complexity index is 903. The molecule has 3 rings (SSSR count). The smallest absolute Gasteiger partial charge is 0.244 e. The third-order valence-corrected chi connectivity index (χ3v) is 6.15. The number of guanidine groups is 1. The van der Waals surface area contributed by atoms with Crippen LogP contribution in [-0.4, -0.2) is 62.6 Å². The minimum absolute atomic E-state index is 0. The molecule has 1 aliphatic heterocycles. The first-order valence-electron chi connectivity index (χ1n) is 10.1.